The van der Waals surface area contributed by atoms with E-state index in [0.29, 0.717) is 13.0 Å². The number of nitrogens with zero attached hydrogens (tertiary/aromatic N) is 3. The average Bonchev–Trinajstić information content (AvgIpc) is 3.18. The number of nitrogens with one attached hydrogen (secondary N) is 1. The summed E-state index contributed by atoms with van der Waals surface area (Å²) in [5, 5.41) is 4.16. The van der Waals surface area contributed by atoms with Crippen LogP contribution in [-0.4, -0.2) is 60.8 Å². The topological polar surface area (TPSA) is 48.5 Å². The molecule has 1 aliphatic rings. The highest BCUT2D eigenvalue weighted by atomic mass is 79.9. The number of rotatable bonds is 8. The van der Waals surface area contributed by atoms with Crippen LogP contribution in [0.5, 0.6) is 0 Å². The average molecular weight is 506 g/mol. The van der Waals surface area contributed by atoms with E-state index in [0.717, 1.165) is 53.6 Å². The van der Waals surface area contributed by atoms with Crippen LogP contribution in [0.3, 0.4) is 0 Å². The number of anilines is 1. The molecule has 1 N–H and O–H groups in total. The molecule has 8 heteroatoms. The number of halogens is 1. The molecule has 5 nitrogen and oxygen atoms in total. The Kier molecular flexibility index (Phi) is 7.65. The Hall–Kier alpha value is -1.61. The highest BCUT2D eigenvalue weighted by Crippen LogP contribution is 2.31. The minimum Gasteiger partial charge on any atom is -0.355 e. The summed E-state index contributed by atoms with van der Waals surface area (Å²) in [5.74, 6) is 0.950. The Balaban J connectivity index is 1.14. The molecule has 0 radical (unpaired) electrons. The quantitative estimate of drug-likeness (QED) is 0.458. The third-order valence-electron chi connectivity index (χ3n) is 5.07. The van der Waals surface area contributed by atoms with Crippen LogP contribution in [0.25, 0.3) is 10.2 Å². The van der Waals surface area contributed by atoms with Crippen LogP contribution < -0.4 is 10.2 Å². The molecule has 3 aromatic rings. The second kappa shape index (κ2) is 10.6. The summed E-state index contributed by atoms with van der Waals surface area (Å²) in [4.78, 5) is 22.8. The van der Waals surface area contributed by atoms with E-state index in [2.05, 4.69) is 55.3 Å². The van der Waals surface area contributed by atoms with Gasteiger partial charge in [-0.1, -0.05) is 45.5 Å². The van der Waals surface area contributed by atoms with Crippen molar-refractivity contribution in [2.24, 2.45) is 0 Å². The summed E-state index contributed by atoms with van der Waals surface area (Å²) < 4.78 is 2.31. The van der Waals surface area contributed by atoms with E-state index in [1.54, 1.807) is 23.1 Å². The van der Waals surface area contributed by atoms with Gasteiger partial charge in [-0.25, -0.2) is 4.98 Å². The van der Waals surface area contributed by atoms with E-state index in [1.165, 1.54) is 9.60 Å². The maximum Gasteiger partial charge on any atom is 0.220 e. The molecule has 1 aliphatic heterocycles. The molecule has 158 valence electrons. The fourth-order valence-corrected chi connectivity index (χ4v) is 5.85. The number of hydrogen-bond acceptors (Lipinski definition) is 6. The second-order valence-electron chi connectivity index (χ2n) is 7.20. The van der Waals surface area contributed by atoms with E-state index in [1.807, 2.05) is 24.3 Å². The Morgan fingerprint density at radius 2 is 1.93 bits per heavy atom. The van der Waals surface area contributed by atoms with Crippen LogP contribution in [0.2, 0.25) is 0 Å². The molecule has 0 unspecified atom stereocenters. The Labute approximate surface area is 194 Å². The third kappa shape index (κ3) is 5.97. The van der Waals surface area contributed by atoms with E-state index in [-0.39, 0.29) is 5.91 Å². The van der Waals surface area contributed by atoms with E-state index in [9.17, 15) is 4.79 Å². The number of aromatic nitrogens is 1. The number of carbonyl (C=O) groups excluding carboxylic acids is 1. The van der Waals surface area contributed by atoms with Crippen molar-refractivity contribution in [3.05, 3.63) is 53.0 Å². The normalized spacial score (nSPS) is 14.9. The van der Waals surface area contributed by atoms with Crippen molar-refractivity contribution >= 4 is 60.3 Å². The smallest absolute Gasteiger partial charge is 0.220 e. The third-order valence-corrected chi connectivity index (χ3v) is 7.66. The lowest BCUT2D eigenvalue weighted by Crippen LogP contribution is -2.48. The van der Waals surface area contributed by atoms with Gasteiger partial charge in [-0.15, -0.1) is 11.8 Å². The lowest BCUT2D eigenvalue weighted by atomic mass is 10.3. The minimum atomic E-state index is 0.137. The van der Waals surface area contributed by atoms with Crippen molar-refractivity contribution in [3.63, 3.8) is 0 Å². The largest absolute Gasteiger partial charge is 0.355 e. The SMILES string of the molecule is O=C(CCSc1ccccc1)NCCN1CCN(c2nc3ccc(Br)cc3s2)CC1. The Morgan fingerprint density at radius 1 is 1.13 bits per heavy atom. The standard InChI is InChI=1S/C22H25BrN4OS2/c23-17-6-7-19-20(16-17)30-22(25-19)27-13-11-26(12-14-27)10-9-24-21(28)8-15-29-18-4-2-1-3-5-18/h1-7,16H,8-15H2,(H,24,28). The maximum atomic E-state index is 12.1. The lowest BCUT2D eigenvalue weighted by molar-refractivity contribution is -0.120. The van der Waals surface area contributed by atoms with Crippen LogP contribution in [0, 0.1) is 0 Å². The molecule has 1 fully saturated rings. The summed E-state index contributed by atoms with van der Waals surface area (Å²) in [6, 6.07) is 16.5. The van der Waals surface area contributed by atoms with Gasteiger partial charge in [0.25, 0.3) is 0 Å². The molecule has 1 saturated heterocycles. The number of hydrogen-bond donors (Lipinski definition) is 1. The zero-order valence-corrected chi connectivity index (χ0v) is 19.9. The Bertz CT molecular complexity index is 974. The summed E-state index contributed by atoms with van der Waals surface area (Å²) in [6.45, 7) is 5.56. The molecule has 0 aliphatic carbocycles. The van der Waals surface area contributed by atoms with E-state index < -0.39 is 0 Å². The molecule has 4 rings (SSSR count). The molecule has 0 atom stereocenters. The van der Waals surface area contributed by atoms with Gasteiger partial charge in [-0.2, -0.15) is 0 Å². The van der Waals surface area contributed by atoms with Gasteiger partial charge in [0.05, 0.1) is 10.2 Å². The molecule has 0 spiro atoms. The molecular weight excluding hydrogens is 480 g/mol. The van der Waals surface area contributed by atoms with Gasteiger partial charge in [-0.3, -0.25) is 9.69 Å². The molecule has 0 bridgehead atoms. The van der Waals surface area contributed by atoms with Crippen LogP contribution >= 0.6 is 39.0 Å². The fraction of sp³-hybridized carbons (Fsp3) is 0.364. The van der Waals surface area contributed by atoms with Gasteiger partial charge in [0.2, 0.25) is 5.91 Å². The molecule has 0 saturated carbocycles. The maximum absolute atomic E-state index is 12.1. The minimum absolute atomic E-state index is 0.137. The summed E-state index contributed by atoms with van der Waals surface area (Å²) in [7, 11) is 0. The van der Waals surface area contributed by atoms with Crippen molar-refractivity contribution in [2.75, 3.05) is 49.9 Å². The number of thiazole rings is 1. The van der Waals surface area contributed by atoms with Gasteiger partial charge < -0.3 is 10.2 Å². The molecule has 30 heavy (non-hydrogen) atoms. The van der Waals surface area contributed by atoms with Gasteiger partial charge in [-0.05, 0) is 30.3 Å². The summed E-state index contributed by atoms with van der Waals surface area (Å²) >= 11 is 7.01. The number of benzene rings is 2. The molecular formula is C22H25BrN4OS2. The summed E-state index contributed by atoms with van der Waals surface area (Å²) in [6.07, 6.45) is 0.557. The van der Waals surface area contributed by atoms with Crippen molar-refractivity contribution in [1.29, 1.82) is 0 Å². The number of amides is 1. The molecule has 2 aromatic carbocycles. The predicted octanol–water partition coefficient (Wildman–Crippen LogP) is 4.48. The number of piperazine rings is 1. The van der Waals surface area contributed by atoms with Crippen LogP contribution in [0.15, 0.2) is 57.9 Å². The summed E-state index contributed by atoms with van der Waals surface area (Å²) in [5.41, 5.74) is 1.06. The first-order valence-corrected chi connectivity index (χ1v) is 12.7. The molecule has 2 heterocycles. The monoisotopic (exact) mass is 504 g/mol. The number of carbonyl (C=O) groups is 1. The Morgan fingerprint density at radius 3 is 2.73 bits per heavy atom. The van der Waals surface area contributed by atoms with Gasteiger partial charge >= 0.3 is 0 Å². The van der Waals surface area contributed by atoms with Crippen LogP contribution in [0.1, 0.15) is 6.42 Å². The van der Waals surface area contributed by atoms with Crippen molar-refractivity contribution in [2.45, 2.75) is 11.3 Å². The van der Waals surface area contributed by atoms with Crippen LogP contribution in [0.4, 0.5) is 5.13 Å². The van der Waals surface area contributed by atoms with Gasteiger partial charge in [0.1, 0.15) is 0 Å². The number of thioether (sulfide) groups is 1. The van der Waals surface area contributed by atoms with Gasteiger partial charge in [0, 0.05) is 60.8 Å². The van der Waals surface area contributed by atoms with E-state index in [4.69, 9.17) is 4.98 Å². The first-order valence-electron chi connectivity index (χ1n) is 10.2. The number of fused-ring (bicyclic) bond motifs is 1. The molecule has 1 amide bonds. The highest BCUT2D eigenvalue weighted by molar-refractivity contribution is 9.10. The zero-order chi connectivity index (χ0) is 20.8. The van der Waals surface area contributed by atoms with Gasteiger partial charge in [0.15, 0.2) is 5.13 Å². The van der Waals surface area contributed by atoms with E-state index >= 15 is 0 Å². The zero-order valence-electron chi connectivity index (χ0n) is 16.7. The molecule has 1 aromatic heterocycles. The highest BCUT2D eigenvalue weighted by Gasteiger charge is 2.19. The fourth-order valence-electron chi connectivity index (χ4n) is 3.40. The first kappa shape index (κ1) is 21.6. The van der Waals surface area contributed by atoms with Crippen molar-refractivity contribution in [1.82, 2.24) is 15.2 Å². The predicted molar refractivity (Wildman–Crippen MR) is 131 cm³/mol. The lowest BCUT2D eigenvalue weighted by Gasteiger charge is -2.34. The van der Waals surface area contributed by atoms with Crippen LogP contribution in [-0.2, 0) is 4.79 Å². The second-order valence-corrected chi connectivity index (χ2v) is 10.3. The first-order chi connectivity index (χ1) is 14.7. The van der Waals surface area contributed by atoms with Crippen molar-refractivity contribution < 1.29 is 4.79 Å². The van der Waals surface area contributed by atoms with Crippen molar-refractivity contribution in [3.8, 4) is 0 Å².